The predicted molar refractivity (Wildman–Crippen MR) is 55.6 cm³/mol. The number of hydrogen-bond donors (Lipinski definition) is 0. The lowest BCUT2D eigenvalue weighted by atomic mass is 10.1. The fraction of sp³-hybridized carbons (Fsp3) is 0.364. The molecule has 0 fully saturated rings. The third-order valence-corrected chi connectivity index (χ3v) is 2.03. The number of aldehydes is 1. The average molecular weight is 210 g/mol. The van der Waals surface area contributed by atoms with Crippen LogP contribution in [0, 0.1) is 0 Å². The average Bonchev–Trinajstić information content (AvgIpc) is 2.28. The van der Waals surface area contributed by atoms with Gasteiger partial charge in [0.2, 0.25) is 0 Å². The van der Waals surface area contributed by atoms with Crippen LogP contribution in [0.15, 0.2) is 12.1 Å². The first kappa shape index (κ1) is 11.5. The predicted octanol–water partition coefficient (Wildman–Crippen LogP) is 1.66. The van der Waals surface area contributed by atoms with Gasteiger partial charge in [-0.3, -0.25) is 4.79 Å². The van der Waals surface area contributed by atoms with Crippen molar-refractivity contribution in [3.8, 4) is 11.5 Å². The molecule has 15 heavy (non-hydrogen) atoms. The molecule has 0 amide bonds. The molecule has 0 unspecified atom stereocenters. The van der Waals surface area contributed by atoms with Crippen molar-refractivity contribution in [1.29, 1.82) is 0 Å². The Kier molecular flexibility index (Phi) is 4.12. The number of rotatable bonds is 5. The van der Waals surface area contributed by atoms with E-state index in [9.17, 15) is 4.79 Å². The Labute approximate surface area is 88.8 Å². The van der Waals surface area contributed by atoms with Gasteiger partial charge in [0.25, 0.3) is 0 Å². The summed E-state index contributed by atoms with van der Waals surface area (Å²) in [6.07, 6.45) is 0.717. The largest absolute Gasteiger partial charge is 0.496 e. The van der Waals surface area contributed by atoms with Crippen LogP contribution in [0.3, 0.4) is 0 Å². The highest BCUT2D eigenvalue weighted by atomic mass is 16.5. The van der Waals surface area contributed by atoms with Gasteiger partial charge in [0.1, 0.15) is 11.5 Å². The Hall–Kier alpha value is -1.55. The van der Waals surface area contributed by atoms with Crippen molar-refractivity contribution in [2.45, 2.75) is 6.61 Å². The summed E-state index contributed by atoms with van der Waals surface area (Å²) in [6, 6.07) is 3.52. The summed E-state index contributed by atoms with van der Waals surface area (Å²) in [5.74, 6) is 0.993. The molecule has 0 saturated carbocycles. The third-order valence-electron chi connectivity index (χ3n) is 2.03. The van der Waals surface area contributed by atoms with Crippen LogP contribution >= 0.6 is 0 Å². The normalized spacial score (nSPS) is 9.80. The van der Waals surface area contributed by atoms with Gasteiger partial charge in [0.15, 0.2) is 6.29 Å². The lowest BCUT2D eigenvalue weighted by Crippen LogP contribution is -1.98. The van der Waals surface area contributed by atoms with Crippen LogP contribution < -0.4 is 9.47 Å². The van der Waals surface area contributed by atoms with E-state index in [2.05, 4.69) is 0 Å². The van der Waals surface area contributed by atoms with Crippen molar-refractivity contribution in [2.75, 3.05) is 21.3 Å². The van der Waals surface area contributed by atoms with Crippen LogP contribution in [0.4, 0.5) is 0 Å². The van der Waals surface area contributed by atoms with Gasteiger partial charge in [-0.05, 0) is 17.7 Å². The summed E-state index contributed by atoms with van der Waals surface area (Å²) in [7, 11) is 4.63. The monoisotopic (exact) mass is 210 g/mol. The van der Waals surface area contributed by atoms with E-state index in [1.165, 1.54) is 14.2 Å². The molecule has 1 rings (SSSR count). The van der Waals surface area contributed by atoms with Gasteiger partial charge in [-0.25, -0.2) is 0 Å². The quantitative estimate of drug-likeness (QED) is 0.693. The molecule has 1 aromatic carbocycles. The molecular formula is C11H14O4. The zero-order valence-corrected chi connectivity index (χ0v) is 9.07. The molecular weight excluding hydrogens is 196 g/mol. The molecule has 0 radical (unpaired) electrons. The molecule has 0 aliphatic heterocycles. The van der Waals surface area contributed by atoms with E-state index in [1.807, 2.05) is 0 Å². The van der Waals surface area contributed by atoms with Gasteiger partial charge in [0, 0.05) is 7.11 Å². The maximum atomic E-state index is 10.8. The second-order valence-corrected chi connectivity index (χ2v) is 2.96. The van der Waals surface area contributed by atoms with Crippen molar-refractivity contribution in [3.05, 3.63) is 23.3 Å². The lowest BCUT2D eigenvalue weighted by Gasteiger charge is -2.11. The smallest absolute Gasteiger partial charge is 0.157 e. The third kappa shape index (κ3) is 2.47. The fourth-order valence-electron chi connectivity index (χ4n) is 1.36. The molecule has 0 N–H and O–H groups in total. The Morgan fingerprint density at radius 3 is 2.00 bits per heavy atom. The summed E-state index contributed by atoms with van der Waals surface area (Å²) in [5.41, 5.74) is 1.32. The minimum Gasteiger partial charge on any atom is -0.496 e. The first-order valence-electron chi connectivity index (χ1n) is 4.45. The van der Waals surface area contributed by atoms with E-state index in [0.717, 1.165) is 5.56 Å². The highest BCUT2D eigenvalue weighted by molar-refractivity contribution is 5.84. The zero-order chi connectivity index (χ0) is 11.3. The van der Waals surface area contributed by atoms with E-state index < -0.39 is 0 Å². The lowest BCUT2D eigenvalue weighted by molar-refractivity contribution is 0.111. The molecule has 0 atom stereocenters. The van der Waals surface area contributed by atoms with E-state index in [0.29, 0.717) is 30.0 Å². The Bertz CT molecular complexity index is 321. The minimum absolute atomic E-state index is 0.417. The van der Waals surface area contributed by atoms with E-state index in [-0.39, 0.29) is 0 Å². The highest BCUT2D eigenvalue weighted by Crippen LogP contribution is 2.29. The van der Waals surface area contributed by atoms with Gasteiger partial charge >= 0.3 is 0 Å². The van der Waals surface area contributed by atoms with Gasteiger partial charge in [-0.2, -0.15) is 0 Å². The van der Waals surface area contributed by atoms with Gasteiger partial charge in [0.05, 0.1) is 26.4 Å². The molecule has 4 heteroatoms. The minimum atomic E-state index is 0.417. The number of carbonyl (C=O) groups excluding carboxylic acids is 1. The Morgan fingerprint density at radius 2 is 1.67 bits per heavy atom. The Balaban J connectivity index is 3.22. The van der Waals surface area contributed by atoms with Crippen molar-refractivity contribution in [1.82, 2.24) is 0 Å². The number of carbonyl (C=O) groups is 1. The van der Waals surface area contributed by atoms with E-state index >= 15 is 0 Å². The Morgan fingerprint density at radius 1 is 1.13 bits per heavy atom. The second kappa shape index (κ2) is 5.36. The number of hydrogen-bond acceptors (Lipinski definition) is 4. The summed E-state index contributed by atoms with van der Waals surface area (Å²) >= 11 is 0. The molecule has 4 nitrogen and oxygen atoms in total. The molecule has 82 valence electrons. The number of benzene rings is 1. The zero-order valence-electron chi connectivity index (χ0n) is 9.07. The number of ether oxygens (including phenoxy) is 3. The van der Waals surface area contributed by atoms with Gasteiger partial charge < -0.3 is 14.2 Å². The van der Waals surface area contributed by atoms with Crippen molar-refractivity contribution >= 4 is 6.29 Å². The fourth-order valence-corrected chi connectivity index (χ4v) is 1.36. The van der Waals surface area contributed by atoms with Crippen LogP contribution in [0.25, 0.3) is 0 Å². The summed E-state index contributed by atoms with van der Waals surface area (Å²) in [6.45, 7) is 0.450. The first-order chi connectivity index (χ1) is 7.26. The van der Waals surface area contributed by atoms with Crippen LogP contribution in [-0.4, -0.2) is 27.6 Å². The van der Waals surface area contributed by atoms with Crippen LogP contribution in [0.5, 0.6) is 11.5 Å². The van der Waals surface area contributed by atoms with Gasteiger partial charge in [-0.15, -0.1) is 0 Å². The van der Waals surface area contributed by atoms with Gasteiger partial charge in [-0.1, -0.05) is 0 Å². The van der Waals surface area contributed by atoms with Crippen molar-refractivity contribution < 1.29 is 19.0 Å². The molecule has 0 saturated heterocycles. The molecule has 0 aliphatic carbocycles. The summed E-state index contributed by atoms with van der Waals surface area (Å²) in [4.78, 5) is 10.8. The maximum Gasteiger partial charge on any atom is 0.157 e. The standard InChI is InChI=1S/C11H14O4/c1-13-7-8-4-10(14-2)9(6-12)11(5-8)15-3/h4-6H,7H2,1-3H3. The highest BCUT2D eigenvalue weighted by Gasteiger charge is 2.11. The molecule has 0 bridgehead atoms. The SMILES string of the molecule is COCc1cc(OC)c(C=O)c(OC)c1. The van der Waals surface area contributed by atoms with Crippen molar-refractivity contribution in [3.63, 3.8) is 0 Å². The maximum absolute atomic E-state index is 10.8. The summed E-state index contributed by atoms with van der Waals surface area (Å²) < 4.78 is 15.2. The first-order valence-corrected chi connectivity index (χ1v) is 4.45. The molecule has 0 aromatic heterocycles. The molecule has 0 heterocycles. The second-order valence-electron chi connectivity index (χ2n) is 2.96. The summed E-state index contributed by atoms with van der Waals surface area (Å²) in [5, 5.41) is 0. The van der Waals surface area contributed by atoms with E-state index in [4.69, 9.17) is 14.2 Å². The number of methoxy groups -OCH3 is 3. The molecule has 1 aromatic rings. The molecule has 0 aliphatic rings. The topological polar surface area (TPSA) is 44.8 Å². The van der Waals surface area contributed by atoms with Crippen LogP contribution in [0.1, 0.15) is 15.9 Å². The van der Waals surface area contributed by atoms with E-state index in [1.54, 1.807) is 19.2 Å². The van der Waals surface area contributed by atoms with Crippen LogP contribution in [0.2, 0.25) is 0 Å². The van der Waals surface area contributed by atoms with Crippen molar-refractivity contribution in [2.24, 2.45) is 0 Å². The molecule has 0 spiro atoms. The van der Waals surface area contributed by atoms with Crippen LogP contribution in [-0.2, 0) is 11.3 Å².